The molecule has 3 heterocycles. The summed E-state index contributed by atoms with van der Waals surface area (Å²) in [4.78, 5) is 23.9. The highest BCUT2D eigenvalue weighted by atomic mass is 32.2. The molecule has 2 aromatic rings. The lowest BCUT2D eigenvalue weighted by molar-refractivity contribution is 0.0531. The van der Waals surface area contributed by atoms with Gasteiger partial charge >= 0.3 is 0 Å². The van der Waals surface area contributed by atoms with Crippen molar-refractivity contribution in [3.63, 3.8) is 0 Å². The molecule has 130 valence electrons. The lowest BCUT2D eigenvalue weighted by atomic mass is 10.2. The molecule has 2 aliphatic heterocycles. The number of rotatable bonds is 4. The van der Waals surface area contributed by atoms with Crippen LogP contribution in [0.1, 0.15) is 36.0 Å². The maximum absolute atomic E-state index is 13.0. The van der Waals surface area contributed by atoms with Crippen molar-refractivity contribution in [3.8, 4) is 0 Å². The summed E-state index contributed by atoms with van der Waals surface area (Å²) in [5, 5.41) is 0. The van der Waals surface area contributed by atoms with Crippen LogP contribution in [0.4, 0.5) is 0 Å². The van der Waals surface area contributed by atoms with Gasteiger partial charge in [-0.1, -0.05) is 11.8 Å². The second-order valence-corrected chi connectivity index (χ2v) is 7.83. The van der Waals surface area contributed by atoms with E-state index in [2.05, 4.69) is 14.8 Å². The van der Waals surface area contributed by atoms with Gasteiger partial charge in [-0.05, 0) is 62.1 Å². The molecule has 2 fully saturated rings. The first-order valence-electron chi connectivity index (χ1n) is 9.04. The Morgan fingerprint density at radius 2 is 1.80 bits per heavy atom. The number of likely N-dealkylation sites (tertiary alicyclic amines) is 2. The predicted octanol–water partition coefficient (Wildman–Crippen LogP) is 3.89. The molecule has 1 aromatic carbocycles. The third-order valence-electron chi connectivity index (χ3n) is 5.02. The summed E-state index contributed by atoms with van der Waals surface area (Å²) in [6.07, 6.45) is 8.69. The molecule has 0 N–H and O–H groups in total. The van der Waals surface area contributed by atoms with Gasteiger partial charge in [0.15, 0.2) is 0 Å². The number of carbonyl (C=O) groups is 1. The molecular formula is C20H23N3OS. The maximum Gasteiger partial charge on any atom is 0.255 e. The molecule has 0 unspecified atom stereocenters. The van der Waals surface area contributed by atoms with Gasteiger partial charge < -0.3 is 4.90 Å². The summed E-state index contributed by atoms with van der Waals surface area (Å²) < 4.78 is 0. The van der Waals surface area contributed by atoms with Crippen LogP contribution in [0.25, 0.3) is 0 Å². The zero-order chi connectivity index (χ0) is 17.1. The minimum atomic E-state index is 0.173. The lowest BCUT2D eigenvalue weighted by Crippen LogP contribution is -2.46. The van der Waals surface area contributed by atoms with Crippen LogP contribution in [0.3, 0.4) is 0 Å². The van der Waals surface area contributed by atoms with Crippen LogP contribution in [0.2, 0.25) is 0 Å². The van der Waals surface area contributed by atoms with Gasteiger partial charge in [0.25, 0.3) is 5.91 Å². The third-order valence-corrected chi connectivity index (χ3v) is 6.00. The van der Waals surface area contributed by atoms with Crippen LogP contribution in [0.15, 0.2) is 58.6 Å². The average Bonchev–Trinajstić information content (AvgIpc) is 3.34. The van der Waals surface area contributed by atoms with Crippen molar-refractivity contribution in [2.24, 2.45) is 0 Å². The molecule has 4 rings (SSSR count). The Balaban J connectivity index is 1.45. The molecule has 2 saturated heterocycles. The molecular weight excluding hydrogens is 330 g/mol. The molecule has 0 spiro atoms. The Bertz CT molecular complexity index is 713. The van der Waals surface area contributed by atoms with Gasteiger partial charge in [0.1, 0.15) is 0 Å². The quantitative estimate of drug-likeness (QED) is 0.835. The molecule has 0 saturated carbocycles. The summed E-state index contributed by atoms with van der Waals surface area (Å²) in [5.41, 5.74) is 0.793. The number of carbonyl (C=O) groups excluding carboxylic acids is 1. The zero-order valence-corrected chi connectivity index (χ0v) is 15.1. The van der Waals surface area contributed by atoms with Crippen LogP contribution in [-0.4, -0.2) is 46.5 Å². The molecule has 1 aromatic heterocycles. The van der Waals surface area contributed by atoms with E-state index in [1.807, 2.05) is 42.6 Å². The van der Waals surface area contributed by atoms with E-state index < -0.39 is 0 Å². The highest BCUT2D eigenvalue weighted by Gasteiger charge is 2.34. The lowest BCUT2D eigenvalue weighted by Gasteiger charge is -2.32. The van der Waals surface area contributed by atoms with Crippen LogP contribution < -0.4 is 0 Å². The summed E-state index contributed by atoms with van der Waals surface area (Å²) in [5.74, 6) is 0.173. The number of aromatic nitrogens is 1. The standard InChI is InChI=1S/C20H23N3OS/c24-20(23-14-4-6-19(23)22-12-1-2-13-22)16-7-9-17(10-8-16)25-18-5-3-11-21-15-18/h3,5,7-11,15,19H,1-2,4,6,12-14H2/t19-/m0/s1. The minimum absolute atomic E-state index is 0.173. The van der Waals surface area contributed by atoms with E-state index in [9.17, 15) is 4.79 Å². The van der Waals surface area contributed by atoms with E-state index >= 15 is 0 Å². The fraction of sp³-hybridized carbons (Fsp3) is 0.400. The number of amides is 1. The topological polar surface area (TPSA) is 36.4 Å². The summed E-state index contributed by atoms with van der Waals surface area (Å²) in [6, 6.07) is 12.0. The number of pyridine rings is 1. The molecule has 0 bridgehead atoms. The van der Waals surface area contributed by atoms with Gasteiger partial charge in [-0.2, -0.15) is 0 Å². The van der Waals surface area contributed by atoms with E-state index in [1.54, 1.807) is 18.0 Å². The molecule has 0 aliphatic carbocycles. The molecule has 0 radical (unpaired) electrons. The molecule has 25 heavy (non-hydrogen) atoms. The SMILES string of the molecule is O=C(c1ccc(Sc2cccnc2)cc1)N1CCC[C@H]1N1CCCC1. The van der Waals surface area contributed by atoms with E-state index in [4.69, 9.17) is 0 Å². The molecule has 2 aliphatic rings. The van der Waals surface area contributed by atoms with Crippen LogP contribution >= 0.6 is 11.8 Å². The molecule has 5 heteroatoms. The third kappa shape index (κ3) is 3.72. The molecule has 1 amide bonds. The van der Waals surface area contributed by atoms with Crippen molar-refractivity contribution in [3.05, 3.63) is 54.4 Å². The second kappa shape index (κ2) is 7.58. The Morgan fingerprint density at radius 3 is 2.52 bits per heavy atom. The number of hydrogen-bond donors (Lipinski definition) is 0. The van der Waals surface area contributed by atoms with Crippen molar-refractivity contribution in [1.29, 1.82) is 0 Å². The first kappa shape index (κ1) is 16.6. The summed E-state index contributed by atoms with van der Waals surface area (Å²) in [7, 11) is 0. The Hall–Kier alpha value is -1.85. The van der Waals surface area contributed by atoms with Crippen LogP contribution in [0.5, 0.6) is 0 Å². The fourth-order valence-corrected chi connectivity index (χ4v) is 4.58. The summed E-state index contributed by atoms with van der Waals surface area (Å²) >= 11 is 1.67. The summed E-state index contributed by atoms with van der Waals surface area (Å²) in [6.45, 7) is 3.15. The van der Waals surface area contributed by atoms with Crippen molar-refractivity contribution >= 4 is 17.7 Å². The van der Waals surface area contributed by atoms with E-state index in [0.717, 1.165) is 47.8 Å². The second-order valence-electron chi connectivity index (χ2n) is 6.68. The van der Waals surface area contributed by atoms with Crippen molar-refractivity contribution in [2.75, 3.05) is 19.6 Å². The first-order chi connectivity index (χ1) is 12.3. The minimum Gasteiger partial charge on any atom is -0.323 e. The number of nitrogens with zero attached hydrogens (tertiary/aromatic N) is 3. The van der Waals surface area contributed by atoms with Crippen molar-refractivity contribution in [2.45, 2.75) is 41.6 Å². The van der Waals surface area contributed by atoms with Crippen molar-refractivity contribution in [1.82, 2.24) is 14.8 Å². The van der Waals surface area contributed by atoms with Gasteiger partial charge in [0, 0.05) is 47.4 Å². The van der Waals surface area contributed by atoms with E-state index in [1.165, 1.54) is 12.8 Å². The van der Waals surface area contributed by atoms with Crippen LogP contribution in [0, 0.1) is 0 Å². The van der Waals surface area contributed by atoms with Gasteiger partial charge in [0.05, 0.1) is 6.17 Å². The highest BCUT2D eigenvalue weighted by Crippen LogP contribution is 2.29. The largest absolute Gasteiger partial charge is 0.323 e. The molecule has 1 atom stereocenters. The van der Waals surface area contributed by atoms with Gasteiger partial charge in [-0.25, -0.2) is 0 Å². The van der Waals surface area contributed by atoms with Gasteiger partial charge in [0.2, 0.25) is 0 Å². The van der Waals surface area contributed by atoms with Gasteiger partial charge in [-0.3, -0.25) is 14.7 Å². The smallest absolute Gasteiger partial charge is 0.255 e. The number of benzene rings is 1. The monoisotopic (exact) mass is 353 g/mol. The number of hydrogen-bond acceptors (Lipinski definition) is 4. The molecule has 4 nitrogen and oxygen atoms in total. The first-order valence-corrected chi connectivity index (χ1v) is 9.86. The zero-order valence-electron chi connectivity index (χ0n) is 14.3. The fourth-order valence-electron chi connectivity index (χ4n) is 3.78. The van der Waals surface area contributed by atoms with E-state index in [0.29, 0.717) is 6.17 Å². The van der Waals surface area contributed by atoms with Crippen molar-refractivity contribution < 1.29 is 4.79 Å². The maximum atomic E-state index is 13.0. The Morgan fingerprint density at radius 1 is 1.00 bits per heavy atom. The Labute approximate surface area is 153 Å². The average molecular weight is 353 g/mol. The predicted molar refractivity (Wildman–Crippen MR) is 99.7 cm³/mol. The highest BCUT2D eigenvalue weighted by molar-refractivity contribution is 7.99. The van der Waals surface area contributed by atoms with E-state index in [-0.39, 0.29) is 5.91 Å². The van der Waals surface area contributed by atoms with Gasteiger partial charge in [-0.15, -0.1) is 0 Å². The normalized spacial score (nSPS) is 21.0. The van der Waals surface area contributed by atoms with Crippen LogP contribution in [-0.2, 0) is 0 Å². The Kier molecular flexibility index (Phi) is 5.04.